The zero-order chi connectivity index (χ0) is 20.0. The molecule has 2 aliphatic carbocycles. The molecule has 2 spiro atoms. The van der Waals surface area contributed by atoms with Crippen LogP contribution in [0.5, 0.6) is 5.75 Å². The molecule has 1 fully saturated rings. The van der Waals surface area contributed by atoms with Crippen LogP contribution in [0.2, 0.25) is 0 Å². The predicted molar refractivity (Wildman–Crippen MR) is 97.3 cm³/mol. The van der Waals surface area contributed by atoms with Crippen molar-refractivity contribution in [2.45, 2.75) is 56.3 Å². The molecular formula is C20H25F3N2O3. The molecule has 0 radical (unpaired) electrons. The van der Waals surface area contributed by atoms with Crippen LogP contribution >= 0.6 is 0 Å². The number of hydrogen-bond acceptors (Lipinski definition) is 5. The van der Waals surface area contributed by atoms with E-state index in [1.807, 2.05) is 12.1 Å². The minimum atomic E-state index is -4.24. The Morgan fingerprint density at radius 3 is 2.64 bits per heavy atom. The van der Waals surface area contributed by atoms with E-state index in [-0.39, 0.29) is 17.5 Å². The highest BCUT2D eigenvalue weighted by Crippen LogP contribution is 2.61. The van der Waals surface area contributed by atoms with Gasteiger partial charge in [-0.05, 0) is 55.4 Å². The molecule has 1 saturated carbocycles. The second kappa shape index (κ2) is 6.83. The quantitative estimate of drug-likeness (QED) is 0.840. The number of methoxy groups -OCH3 is 1. The molecule has 4 rings (SSSR count). The molecule has 1 unspecified atom stereocenters. The van der Waals surface area contributed by atoms with Crippen LogP contribution in [0.1, 0.15) is 43.2 Å². The van der Waals surface area contributed by atoms with Gasteiger partial charge in [0.25, 0.3) is 6.02 Å². The fourth-order valence-corrected chi connectivity index (χ4v) is 5.08. The summed E-state index contributed by atoms with van der Waals surface area (Å²) in [6, 6.07) is 5.69. The SMILES string of the molecule is COC1CCC2(CC1)Cc1ccc(OCCC(F)(F)F)cc1C21COC(N)=N1. The van der Waals surface area contributed by atoms with Gasteiger partial charge in [-0.15, -0.1) is 0 Å². The van der Waals surface area contributed by atoms with E-state index in [1.165, 1.54) is 0 Å². The van der Waals surface area contributed by atoms with E-state index in [0.29, 0.717) is 12.4 Å². The molecule has 154 valence electrons. The van der Waals surface area contributed by atoms with Crippen molar-refractivity contribution in [3.05, 3.63) is 29.3 Å². The highest BCUT2D eigenvalue weighted by atomic mass is 19.4. The van der Waals surface area contributed by atoms with Crippen molar-refractivity contribution in [1.82, 2.24) is 0 Å². The molecule has 8 heteroatoms. The summed E-state index contributed by atoms with van der Waals surface area (Å²) in [5, 5.41) is 0. The number of hydrogen-bond donors (Lipinski definition) is 1. The Bertz CT molecular complexity index is 772. The molecule has 0 bridgehead atoms. The number of rotatable bonds is 4. The molecule has 0 amide bonds. The van der Waals surface area contributed by atoms with Crippen molar-refractivity contribution in [3.63, 3.8) is 0 Å². The van der Waals surface area contributed by atoms with E-state index >= 15 is 0 Å². The second-order valence-corrected chi connectivity index (χ2v) is 8.02. The topological polar surface area (TPSA) is 66.1 Å². The Labute approximate surface area is 162 Å². The van der Waals surface area contributed by atoms with Crippen molar-refractivity contribution in [2.75, 3.05) is 20.3 Å². The van der Waals surface area contributed by atoms with Crippen LogP contribution in [0.25, 0.3) is 0 Å². The van der Waals surface area contributed by atoms with Crippen LogP contribution in [0, 0.1) is 5.41 Å². The number of amidine groups is 1. The molecule has 3 aliphatic rings. The average Bonchev–Trinajstić information content (AvgIpc) is 3.15. The fourth-order valence-electron chi connectivity index (χ4n) is 5.08. The Kier molecular flexibility index (Phi) is 4.72. The van der Waals surface area contributed by atoms with Gasteiger partial charge in [0.1, 0.15) is 17.9 Å². The number of nitrogens with zero attached hydrogens (tertiary/aromatic N) is 1. The van der Waals surface area contributed by atoms with Crippen molar-refractivity contribution in [2.24, 2.45) is 16.1 Å². The summed E-state index contributed by atoms with van der Waals surface area (Å²) in [5.41, 5.74) is 7.29. The van der Waals surface area contributed by atoms with Crippen molar-refractivity contribution >= 4 is 6.02 Å². The van der Waals surface area contributed by atoms with Gasteiger partial charge < -0.3 is 19.9 Å². The minimum Gasteiger partial charge on any atom is -0.493 e. The van der Waals surface area contributed by atoms with E-state index in [0.717, 1.165) is 43.2 Å². The van der Waals surface area contributed by atoms with Gasteiger partial charge in [-0.2, -0.15) is 13.2 Å². The molecule has 28 heavy (non-hydrogen) atoms. The third kappa shape index (κ3) is 3.21. The van der Waals surface area contributed by atoms with Gasteiger partial charge in [0.15, 0.2) is 0 Å². The third-order valence-electron chi connectivity index (χ3n) is 6.54. The summed E-state index contributed by atoms with van der Waals surface area (Å²) in [6.45, 7) is -0.0483. The number of fused-ring (bicyclic) bond motifs is 3. The van der Waals surface area contributed by atoms with Crippen LogP contribution < -0.4 is 10.5 Å². The standard InChI is InChI=1S/C20H25F3N2O3/c1-26-14-4-6-18(7-5-14)11-13-2-3-15(27-9-8-20(21,22)23)10-16(13)19(18)12-28-17(24)25-19/h2-3,10,14H,4-9,11-12H2,1H3,(H2,24,25). The summed E-state index contributed by atoms with van der Waals surface area (Å²) >= 11 is 0. The number of halogens is 3. The van der Waals surface area contributed by atoms with Gasteiger partial charge in [0.2, 0.25) is 0 Å². The molecule has 0 saturated heterocycles. The number of alkyl halides is 3. The largest absolute Gasteiger partial charge is 0.493 e. The van der Waals surface area contributed by atoms with Crippen LogP contribution in [-0.4, -0.2) is 38.6 Å². The lowest BCUT2D eigenvalue weighted by molar-refractivity contribution is -0.139. The molecule has 1 heterocycles. The summed E-state index contributed by atoms with van der Waals surface area (Å²) in [5.74, 6) is 0.422. The predicted octanol–water partition coefficient (Wildman–Crippen LogP) is 3.69. The number of ether oxygens (including phenoxy) is 3. The van der Waals surface area contributed by atoms with E-state index in [2.05, 4.69) is 0 Å². The summed E-state index contributed by atoms with van der Waals surface area (Å²) in [4.78, 5) is 4.75. The van der Waals surface area contributed by atoms with Crippen LogP contribution in [-0.2, 0) is 21.4 Å². The minimum absolute atomic E-state index is 0.115. The molecule has 1 aliphatic heterocycles. The first-order chi connectivity index (χ1) is 13.3. The Morgan fingerprint density at radius 1 is 1.29 bits per heavy atom. The lowest BCUT2D eigenvalue weighted by Gasteiger charge is -2.45. The van der Waals surface area contributed by atoms with E-state index in [9.17, 15) is 13.2 Å². The molecule has 1 aromatic carbocycles. The van der Waals surface area contributed by atoms with E-state index in [1.54, 1.807) is 13.2 Å². The zero-order valence-electron chi connectivity index (χ0n) is 15.8. The van der Waals surface area contributed by atoms with E-state index < -0.39 is 24.7 Å². The second-order valence-electron chi connectivity index (χ2n) is 8.02. The maximum Gasteiger partial charge on any atom is 0.392 e. The molecule has 1 aromatic rings. The normalized spacial score (nSPS) is 31.7. The van der Waals surface area contributed by atoms with E-state index in [4.69, 9.17) is 24.9 Å². The third-order valence-corrected chi connectivity index (χ3v) is 6.54. The number of nitrogens with two attached hydrogens (primary N) is 1. The van der Waals surface area contributed by atoms with Crippen LogP contribution in [0.4, 0.5) is 13.2 Å². The first-order valence-corrected chi connectivity index (χ1v) is 9.61. The summed E-state index contributed by atoms with van der Waals surface area (Å²) < 4.78 is 53.8. The number of benzene rings is 1. The highest BCUT2D eigenvalue weighted by molar-refractivity contribution is 5.75. The lowest BCUT2D eigenvalue weighted by atomic mass is 9.62. The number of aliphatic imine (C=N–C) groups is 1. The Morgan fingerprint density at radius 2 is 2.04 bits per heavy atom. The maximum absolute atomic E-state index is 12.4. The first kappa shape index (κ1) is 19.4. The lowest BCUT2D eigenvalue weighted by Crippen LogP contribution is -2.46. The average molecular weight is 398 g/mol. The van der Waals surface area contributed by atoms with Crippen molar-refractivity contribution in [3.8, 4) is 5.75 Å². The van der Waals surface area contributed by atoms with Crippen molar-refractivity contribution < 1.29 is 27.4 Å². The van der Waals surface area contributed by atoms with Gasteiger partial charge in [-0.1, -0.05) is 6.07 Å². The molecule has 5 nitrogen and oxygen atoms in total. The molecule has 2 N–H and O–H groups in total. The summed E-state index contributed by atoms with van der Waals surface area (Å²) in [6.07, 6.45) is -0.369. The van der Waals surface area contributed by atoms with Gasteiger partial charge in [-0.25, -0.2) is 4.99 Å². The van der Waals surface area contributed by atoms with Gasteiger partial charge >= 0.3 is 6.18 Å². The van der Waals surface area contributed by atoms with Gasteiger partial charge in [0.05, 0.1) is 19.1 Å². The summed E-state index contributed by atoms with van der Waals surface area (Å²) in [7, 11) is 1.74. The fraction of sp³-hybridized carbons (Fsp3) is 0.650. The van der Waals surface area contributed by atoms with Crippen molar-refractivity contribution in [1.29, 1.82) is 0 Å². The molecule has 0 aromatic heterocycles. The van der Waals surface area contributed by atoms with Gasteiger partial charge in [-0.3, -0.25) is 0 Å². The van der Waals surface area contributed by atoms with Crippen LogP contribution in [0.3, 0.4) is 0 Å². The maximum atomic E-state index is 12.4. The van der Waals surface area contributed by atoms with Crippen LogP contribution in [0.15, 0.2) is 23.2 Å². The monoisotopic (exact) mass is 398 g/mol. The zero-order valence-corrected chi connectivity index (χ0v) is 15.8. The Hall–Kier alpha value is -1.96. The Balaban J connectivity index is 1.63. The smallest absolute Gasteiger partial charge is 0.392 e. The van der Waals surface area contributed by atoms with Gasteiger partial charge in [0, 0.05) is 12.5 Å². The molecular weight excluding hydrogens is 373 g/mol. The molecule has 1 atom stereocenters. The highest BCUT2D eigenvalue weighted by Gasteiger charge is 2.61. The first-order valence-electron chi connectivity index (χ1n) is 9.61.